The second-order valence-electron chi connectivity index (χ2n) is 11.6. The van der Waals surface area contributed by atoms with Gasteiger partial charge in [0, 0.05) is 60.6 Å². The lowest BCUT2D eigenvalue weighted by atomic mass is 9.89. The van der Waals surface area contributed by atoms with Gasteiger partial charge in [0.05, 0.1) is 5.52 Å². The summed E-state index contributed by atoms with van der Waals surface area (Å²) in [5.41, 5.74) is 1.21. The summed E-state index contributed by atoms with van der Waals surface area (Å²) in [6, 6.07) is 10.1. The molecule has 5 nitrogen and oxygen atoms in total. The van der Waals surface area contributed by atoms with Gasteiger partial charge in [0.2, 0.25) is 0 Å². The van der Waals surface area contributed by atoms with Crippen LogP contribution in [0, 0.1) is 37.2 Å². The lowest BCUT2D eigenvalue weighted by Crippen LogP contribution is -2.48. The van der Waals surface area contributed by atoms with Crippen LogP contribution < -0.4 is 10.1 Å². The lowest BCUT2D eigenvalue weighted by Gasteiger charge is -2.36. The lowest BCUT2D eigenvalue weighted by molar-refractivity contribution is 0.0942. The standard InChI is InChI=1S/C31H37F3N4O/c1-19-14-26(24-10-6-7-11-25(24)35-19)36-30-27(32)20(2)28(33)31(29(30)34)39-13-12-37-17-23-15-22(37)18-38(23)16-21-8-4-3-5-9-21/h6-7,10-11,14,21-23H,3-5,8-9,12-13,15-18H2,1-2H3,(H,35,36). The van der Waals surface area contributed by atoms with E-state index in [1.165, 1.54) is 45.6 Å². The topological polar surface area (TPSA) is 40.6 Å². The molecule has 0 radical (unpaired) electrons. The largest absolute Gasteiger partial charge is 0.486 e. The number of nitrogens with zero attached hydrogens (tertiary/aromatic N) is 3. The van der Waals surface area contributed by atoms with Crippen LogP contribution in [0.3, 0.4) is 0 Å². The minimum absolute atomic E-state index is 0.140. The zero-order chi connectivity index (χ0) is 27.1. The van der Waals surface area contributed by atoms with E-state index in [-0.39, 0.29) is 12.2 Å². The first kappa shape index (κ1) is 26.4. The maximum atomic E-state index is 15.6. The van der Waals surface area contributed by atoms with Crippen LogP contribution in [0.25, 0.3) is 10.9 Å². The van der Waals surface area contributed by atoms with Crippen molar-refractivity contribution in [2.24, 2.45) is 5.92 Å². The predicted octanol–water partition coefficient (Wildman–Crippen LogP) is 6.73. The Balaban J connectivity index is 1.13. The van der Waals surface area contributed by atoms with Crippen molar-refractivity contribution in [3.63, 3.8) is 0 Å². The molecular weight excluding hydrogens is 501 g/mol. The number of aromatic nitrogens is 1. The Hall–Kier alpha value is -2.84. The molecule has 3 aromatic rings. The van der Waals surface area contributed by atoms with Crippen molar-refractivity contribution in [1.82, 2.24) is 14.8 Å². The normalized spacial score (nSPS) is 22.2. The third-order valence-corrected chi connectivity index (χ3v) is 8.91. The molecule has 1 saturated carbocycles. The number of hydrogen-bond donors (Lipinski definition) is 1. The summed E-state index contributed by atoms with van der Waals surface area (Å²) in [6.07, 6.45) is 7.96. The van der Waals surface area contributed by atoms with Crippen molar-refractivity contribution < 1.29 is 17.9 Å². The third kappa shape index (κ3) is 5.21. The van der Waals surface area contributed by atoms with Crippen LogP contribution in [0.2, 0.25) is 0 Å². The molecule has 3 fully saturated rings. The van der Waals surface area contributed by atoms with E-state index in [2.05, 4.69) is 20.1 Å². The zero-order valence-corrected chi connectivity index (χ0v) is 22.8. The van der Waals surface area contributed by atoms with Crippen LogP contribution in [-0.4, -0.2) is 59.7 Å². The van der Waals surface area contributed by atoms with Crippen molar-refractivity contribution in [2.75, 3.05) is 38.1 Å². The number of halogens is 3. The van der Waals surface area contributed by atoms with Crippen molar-refractivity contribution in [1.29, 1.82) is 0 Å². The highest BCUT2D eigenvalue weighted by molar-refractivity contribution is 5.93. The first-order valence-corrected chi connectivity index (χ1v) is 14.3. The summed E-state index contributed by atoms with van der Waals surface area (Å²) >= 11 is 0. The fraction of sp³-hybridized carbons (Fsp3) is 0.516. The van der Waals surface area contributed by atoms with Crippen molar-refractivity contribution in [3.05, 3.63) is 59.0 Å². The number of nitrogens with one attached hydrogen (secondary N) is 1. The van der Waals surface area contributed by atoms with Crippen molar-refractivity contribution >= 4 is 22.3 Å². The van der Waals surface area contributed by atoms with Gasteiger partial charge < -0.3 is 10.1 Å². The number of anilines is 2. The molecule has 8 heteroatoms. The van der Waals surface area contributed by atoms with Crippen LogP contribution in [0.15, 0.2) is 30.3 Å². The molecule has 0 amide bonds. The van der Waals surface area contributed by atoms with E-state index >= 15 is 13.2 Å². The highest BCUT2D eigenvalue weighted by atomic mass is 19.1. The predicted molar refractivity (Wildman–Crippen MR) is 148 cm³/mol. The molecule has 2 aliphatic heterocycles. The van der Waals surface area contributed by atoms with Crippen LogP contribution in [-0.2, 0) is 0 Å². The molecule has 208 valence electrons. The summed E-state index contributed by atoms with van der Waals surface area (Å²) < 4.78 is 51.4. The van der Waals surface area contributed by atoms with Crippen LogP contribution in [0.1, 0.15) is 49.8 Å². The van der Waals surface area contributed by atoms with Gasteiger partial charge in [-0.25, -0.2) is 13.2 Å². The number of pyridine rings is 1. The minimum Gasteiger partial charge on any atom is -0.486 e. The van der Waals surface area contributed by atoms with Gasteiger partial charge >= 0.3 is 0 Å². The fourth-order valence-corrected chi connectivity index (χ4v) is 6.84. The number of ether oxygens (including phenoxy) is 1. The first-order chi connectivity index (χ1) is 18.9. The SMILES string of the molecule is Cc1cc(Nc2c(F)c(C)c(F)c(OCCN3CC4CC3CN4CC3CCCCC3)c2F)c2ccccc2n1. The maximum absolute atomic E-state index is 15.6. The molecule has 1 N–H and O–H groups in total. The summed E-state index contributed by atoms with van der Waals surface area (Å²) in [5.74, 6) is -2.72. The molecule has 2 aromatic carbocycles. The quantitative estimate of drug-likeness (QED) is 0.344. The maximum Gasteiger partial charge on any atom is 0.194 e. The van der Waals surface area contributed by atoms with E-state index in [4.69, 9.17) is 4.74 Å². The van der Waals surface area contributed by atoms with E-state index in [9.17, 15) is 0 Å². The number of likely N-dealkylation sites (tertiary alicyclic amines) is 2. The molecule has 1 aliphatic carbocycles. The number of benzene rings is 2. The average Bonchev–Trinajstić information content (AvgIpc) is 3.52. The van der Waals surface area contributed by atoms with E-state index < -0.39 is 28.9 Å². The van der Waals surface area contributed by atoms with Crippen LogP contribution in [0.4, 0.5) is 24.5 Å². The molecule has 6 rings (SSSR count). The van der Waals surface area contributed by atoms with Gasteiger partial charge in [-0.05, 0) is 51.2 Å². The number of para-hydroxylation sites is 1. The number of aryl methyl sites for hydroxylation is 1. The Labute approximate surface area is 228 Å². The van der Waals surface area contributed by atoms with E-state index in [0.717, 1.165) is 25.4 Å². The Bertz CT molecular complexity index is 1360. The Morgan fingerprint density at radius 2 is 1.69 bits per heavy atom. The summed E-state index contributed by atoms with van der Waals surface area (Å²) in [4.78, 5) is 9.51. The van der Waals surface area contributed by atoms with Gasteiger partial charge in [0.25, 0.3) is 0 Å². The molecule has 2 atom stereocenters. The molecular formula is C31H37F3N4O. The highest BCUT2D eigenvalue weighted by Crippen LogP contribution is 2.38. The second-order valence-corrected chi connectivity index (χ2v) is 11.6. The first-order valence-electron chi connectivity index (χ1n) is 14.3. The van der Waals surface area contributed by atoms with Gasteiger partial charge in [-0.2, -0.15) is 0 Å². The third-order valence-electron chi connectivity index (χ3n) is 8.91. The fourth-order valence-electron chi connectivity index (χ4n) is 6.84. The average molecular weight is 539 g/mol. The number of hydrogen-bond acceptors (Lipinski definition) is 5. The molecule has 3 heterocycles. The molecule has 2 bridgehead atoms. The number of rotatable bonds is 8. The van der Waals surface area contributed by atoms with Crippen LogP contribution >= 0.6 is 0 Å². The molecule has 0 spiro atoms. The Kier molecular flexibility index (Phi) is 7.42. The van der Waals surface area contributed by atoms with Crippen molar-refractivity contribution in [3.8, 4) is 5.75 Å². The Morgan fingerprint density at radius 3 is 2.46 bits per heavy atom. The molecule has 2 unspecified atom stereocenters. The molecule has 3 aliphatic rings. The van der Waals surface area contributed by atoms with Gasteiger partial charge in [0.15, 0.2) is 23.2 Å². The highest BCUT2D eigenvalue weighted by Gasteiger charge is 2.43. The van der Waals surface area contributed by atoms with Crippen molar-refractivity contribution in [2.45, 2.75) is 64.5 Å². The summed E-state index contributed by atoms with van der Waals surface area (Å²) in [7, 11) is 0. The van der Waals surface area contributed by atoms with Crippen LogP contribution in [0.5, 0.6) is 5.75 Å². The monoisotopic (exact) mass is 538 g/mol. The molecule has 1 aromatic heterocycles. The summed E-state index contributed by atoms with van der Waals surface area (Å²) in [5, 5.41) is 3.59. The number of fused-ring (bicyclic) bond motifs is 3. The van der Waals surface area contributed by atoms with Gasteiger partial charge in [0.1, 0.15) is 12.3 Å². The second kappa shape index (κ2) is 11.0. The minimum atomic E-state index is -1.06. The Morgan fingerprint density at radius 1 is 0.949 bits per heavy atom. The summed E-state index contributed by atoms with van der Waals surface area (Å²) in [6.45, 7) is 7.08. The molecule has 2 saturated heterocycles. The number of piperazine rings is 1. The molecule has 39 heavy (non-hydrogen) atoms. The smallest absolute Gasteiger partial charge is 0.194 e. The van der Waals surface area contributed by atoms with Gasteiger partial charge in [-0.15, -0.1) is 0 Å². The van der Waals surface area contributed by atoms with Gasteiger partial charge in [-0.3, -0.25) is 14.8 Å². The zero-order valence-electron chi connectivity index (χ0n) is 22.8. The van der Waals surface area contributed by atoms with E-state index in [1.54, 1.807) is 6.07 Å². The van der Waals surface area contributed by atoms with Gasteiger partial charge in [-0.1, -0.05) is 37.5 Å². The van der Waals surface area contributed by atoms with E-state index in [0.29, 0.717) is 40.9 Å². The van der Waals surface area contributed by atoms with E-state index in [1.807, 2.05) is 31.2 Å².